The Balaban J connectivity index is 2.12. The Hall–Kier alpha value is -2.29. The number of hydrogen-bond donors (Lipinski definition) is 0. The monoisotopic (exact) mass is 298 g/mol. The van der Waals surface area contributed by atoms with Crippen molar-refractivity contribution in [3.05, 3.63) is 59.2 Å². The van der Waals surface area contributed by atoms with E-state index in [1.54, 1.807) is 25.3 Å². The minimum atomic E-state index is -0.0601. The highest BCUT2D eigenvalue weighted by Crippen LogP contribution is 2.27. The summed E-state index contributed by atoms with van der Waals surface area (Å²) < 4.78 is 10.9. The van der Waals surface area contributed by atoms with Crippen molar-refractivity contribution in [1.82, 2.24) is 0 Å². The van der Waals surface area contributed by atoms with Crippen LogP contribution in [0.15, 0.2) is 42.5 Å². The summed E-state index contributed by atoms with van der Waals surface area (Å²) in [7, 11) is 1.59. The summed E-state index contributed by atoms with van der Waals surface area (Å²) in [5.41, 5.74) is 2.83. The van der Waals surface area contributed by atoms with E-state index in [1.165, 1.54) is 0 Å². The first-order valence-corrected chi connectivity index (χ1v) is 7.42. The van der Waals surface area contributed by atoms with Gasteiger partial charge in [0.1, 0.15) is 11.5 Å². The predicted octanol–water partition coefficient (Wildman–Crippen LogP) is 4.39. The molecular formula is C19H22O3. The molecule has 0 amide bonds. The highest BCUT2D eigenvalue weighted by Gasteiger charge is 2.12. The van der Waals surface area contributed by atoms with Crippen molar-refractivity contribution in [2.75, 3.05) is 13.7 Å². The molecule has 0 aromatic heterocycles. The van der Waals surface area contributed by atoms with Gasteiger partial charge in [-0.2, -0.15) is 0 Å². The molecule has 22 heavy (non-hydrogen) atoms. The zero-order valence-corrected chi connectivity index (χ0v) is 13.6. The van der Waals surface area contributed by atoms with E-state index in [4.69, 9.17) is 9.47 Å². The minimum absolute atomic E-state index is 0.0241. The average molecular weight is 298 g/mol. The van der Waals surface area contributed by atoms with Crippen molar-refractivity contribution in [3.63, 3.8) is 0 Å². The van der Waals surface area contributed by atoms with Crippen LogP contribution in [0.3, 0.4) is 0 Å². The lowest BCUT2D eigenvalue weighted by molar-refractivity contribution is 0.0920. The van der Waals surface area contributed by atoms with Crippen molar-refractivity contribution < 1.29 is 14.3 Å². The van der Waals surface area contributed by atoms with Crippen LogP contribution in [0.1, 0.15) is 41.3 Å². The summed E-state index contributed by atoms with van der Waals surface area (Å²) >= 11 is 0. The lowest BCUT2D eigenvalue weighted by atomic mass is 10.0. The Morgan fingerprint density at radius 3 is 2.59 bits per heavy atom. The van der Waals surface area contributed by atoms with Gasteiger partial charge in [0.15, 0.2) is 12.4 Å². The number of benzene rings is 2. The normalized spacial score (nSPS) is 10.6. The lowest BCUT2D eigenvalue weighted by Crippen LogP contribution is -2.13. The summed E-state index contributed by atoms with van der Waals surface area (Å²) in [6, 6.07) is 13.2. The van der Waals surface area contributed by atoms with Crippen LogP contribution in [0, 0.1) is 6.92 Å². The maximum absolute atomic E-state index is 12.3. The maximum atomic E-state index is 12.3. The molecule has 0 fully saturated rings. The third-order valence-corrected chi connectivity index (χ3v) is 3.54. The fourth-order valence-electron chi connectivity index (χ4n) is 2.27. The van der Waals surface area contributed by atoms with E-state index < -0.39 is 0 Å². The molecule has 0 radical (unpaired) electrons. The van der Waals surface area contributed by atoms with Gasteiger partial charge in [-0.25, -0.2) is 0 Å². The predicted molar refractivity (Wildman–Crippen MR) is 88.1 cm³/mol. The zero-order chi connectivity index (χ0) is 16.1. The van der Waals surface area contributed by atoms with Gasteiger partial charge in [-0.15, -0.1) is 0 Å². The van der Waals surface area contributed by atoms with Gasteiger partial charge in [0.05, 0.1) is 7.11 Å². The third kappa shape index (κ3) is 3.88. The second kappa shape index (κ2) is 7.12. The van der Waals surface area contributed by atoms with Crippen molar-refractivity contribution in [2.45, 2.75) is 26.7 Å². The van der Waals surface area contributed by atoms with E-state index >= 15 is 0 Å². The Labute approximate surface area is 131 Å². The third-order valence-electron chi connectivity index (χ3n) is 3.54. The summed E-state index contributed by atoms with van der Waals surface area (Å²) in [5.74, 6) is 1.74. The van der Waals surface area contributed by atoms with Crippen LogP contribution in [0.5, 0.6) is 11.5 Å². The molecular weight excluding hydrogens is 276 g/mol. The number of hydrogen-bond acceptors (Lipinski definition) is 3. The molecule has 3 heteroatoms. The standard InChI is InChI=1S/C19H22O3/c1-13(2)17-9-8-14(3)10-19(17)22-12-18(20)15-6-5-7-16(11-15)21-4/h5-11,13H,12H2,1-4H3. The summed E-state index contributed by atoms with van der Waals surface area (Å²) in [4.78, 5) is 12.3. The Kier molecular flexibility index (Phi) is 5.21. The van der Waals surface area contributed by atoms with E-state index in [0.29, 0.717) is 17.2 Å². The van der Waals surface area contributed by atoms with Crippen LogP contribution in [-0.4, -0.2) is 19.5 Å². The summed E-state index contributed by atoms with van der Waals surface area (Å²) in [5, 5.41) is 0. The van der Waals surface area contributed by atoms with Gasteiger partial charge in [-0.1, -0.05) is 38.1 Å². The molecule has 0 unspecified atom stereocenters. The van der Waals surface area contributed by atoms with E-state index in [9.17, 15) is 4.79 Å². The van der Waals surface area contributed by atoms with E-state index in [1.807, 2.05) is 19.1 Å². The van der Waals surface area contributed by atoms with Crippen molar-refractivity contribution >= 4 is 5.78 Å². The van der Waals surface area contributed by atoms with Crippen LogP contribution in [0.4, 0.5) is 0 Å². The first-order chi connectivity index (χ1) is 10.5. The molecule has 0 saturated heterocycles. The van der Waals surface area contributed by atoms with Crippen LogP contribution in [-0.2, 0) is 0 Å². The fourth-order valence-corrected chi connectivity index (χ4v) is 2.27. The van der Waals surface area contributed by atoms with Crippen LogP contribution in [0.2, 0.25) is 0 Å². The van der Waals surface area contributed by atoms with Crippen molar-refractivity contribution in [1.29, 1.82) is 0 Å². The Morgan fingerprint density at radius 2 is 1.91 bits per heavy atom. The number of methoxy groups -OCH3 is 1. The van der Waals surface area contributed by atoms with Crippen LogP contribution in [0.25, 0.3) is 0 Å². The van der Waals surface area contributed by atoms with E-state index in [0.717, 1.165) is 16.9 Å². The number of carbonyl (C=O) groups is 1. The molecule has 0 aliphatic heterocycles. The highest BCUT2D eigenvalue weighted by atomic mass is 16.5. The molecule has 0 saturated carbocycles. The van der Waals surface area contributed by atoms with Gasteiger partial charge in [0.25, 0.3) is 0 Å². The number of ketones is 1. The van der Waals surface area contributed by atoms with Gasteiger partial charge in [0.2, 0.25) is 0 Å². The molecule has 0 spiro atoms. The maximum Gasteiger partial charge on any atom is 0.200 e. The van der Waals surface area contributed by atoms with Gasteiger partial charge >= 0.3 is 0 Å². The van der Waals surface area contributed by atoms with Gasteiger partial charge < -0.3 is 9.47 Å². The molecule has 2 aromatic rings. The van der Waals surface area contributed by atoms with Crippen LogP contribution >= 0.6 is 0 Å². The smallest absolute Gasteiger partial charge is 0.200 e. The topological polar surface area (TPSA) is 35.5 Å². The van der Waals surface area contributed by atoms with Gasteiger partial charge in [-0.3, -0.25) is 4.79 Å². The quantitative estimate of drug-likeness (QED) is 0.742. The average Bonchev–Trinajstić information content (AvgIpc) is 2.52. The van der Waals surface area contributed by atoms with Gasteiger partial charge in [0, 0.05) is 5.56 Å². The number of Topliss-reactive ketones (excluding diaryl/α,β-unsaturated/α-hetero) is 1. The minimum Gasteiger partial charge on any atom is -0.497 e. The first kappa shape index (κ1) is 16.1. The fraction of sp³-hybridized carbons (Fsp3) is 0.316. The second-order valence-electron chi connectivity index (χ2n) is 5.64. The summed E-state index contributed by atoms with van der Waals surface area (Å²) in [6.07, 6.45) is 0. The molecule has 0 aliphatic rings. The molecule has 2 aromatic carbocycles. The number of carbonyl (C=O) groups excluding carboxylic acids is 1. The molecule has 0 aliphatic carbocycles. The summed E-state index contributed by atoms with van der Waals surface area (Å²) in [6.45, 7) is 6.26. The van der Waals surface area contributed by atoms with E-state index in [-0.39, 0.29) is 12.4 Å². The molecule has 2 rings (SSSR count). The molecule has 0 bridgehead atoms. The number of aryl methyl sites for hydroxylation is 1. The van der Waals surface area contributed by atoms with E-state index in [2.05, 4.69) is 26.0 Å². The SMILES string of the molecule is COc1cccc(C(=O)COc2cc(C)ccc2C(C)C)c1. The number of ether oxygens (including phenoxy) is 2. The largest absolute Gasteiger partial charge is 0.497 e. The molecule has 116 valence electrons. The molecule has 3 nitrogen and oxygen atoms in total. The molecule has 0 N–H and O–H groups in total. The zero-order valence-electron chi connectivity index (χ0n) is 13.6. The molecule has 0 atom stereocenters. The van der Waals surface area contributed by atoms with Crippen molar-refractivity contribution in [3.8, 4) is 11.5 Å². The Morgan fingerprint density at radius 1 is 1.14 bits per heavy atom. The van der Waals surface area contributed by atoms with Crippen LogP contribution < -0.4 is 9.47 Å². The molecule has 0 heterocycles. The lowest BCUT2D eigenvalue weighted by Gasteiger charge is -2.14. The van der Waals surface area contributed by atoms with Gasteiger partial charge in [-0.05, 0) is 42.2 Å². The highest BCUT2D eigenvalue weighted by molar-refractivity contribution is 5.97. The van der Waals surface area contributed by atoms with Crippen molar-refractivity contribution in [2.24, 2.45) is 0 Å². The Bertz CT molecular complexity index is 659. The first-order valence-electron chi connectivity index (χ1n) is 7.42. The second-order valence-corrected chi connectivity index (χ2v) is 5.64. The number of rotatable bonds is 6.